The highest BCUT2D eigenvalue weighted by molar-refractivity contribution is 7.89. The van der Waals surface area contributed by atoms with Crippen LogP contribution in [0.5, 0.6) is 5.75 Å². The number of carboxylic acid groups (broad SMARTS) is 1. The van der Waals surface area contributed by atoms with Crippen LogP contribution in [0.2, 0.25) is 0 Å². The molecule has 0 spiro atoms. The number of hydrogen-bond acceptors (Lipinski definition) is 4. The van der Waals surface area contributed by atoms with Gasteiger partial charge in [0.05, 0.1) is 12.5 Å². The SMILES string of the molecule is COc1ccc(C)cc1S(=O)(=O)NCC1(C(=O)O)CC1. The third kappa shape index (κ3) is 2.78. The fraction of sp³-hybridized carbons (Fsp3) is 0.462. The van der Waals surface area contributed by atoms with Gasteiger partial charge in [0.1, 0.15) is 10.6 Å². The van der Waals surface area contributed by atoms with E-state index in [0.717, 1.165) is 5.56 Å². The van der Waals surface area contributed by atoms with E-state index in [1.165, 1.54) is 13.2 Å². The van der Waals surface area contributed by atoms with Crippen molar-refractivity contribution >= 4 is 16.0 Å². The molecule has 0 bridgehead atoms. The molecule has 0 radical (unpaired) electrons. The molecule has 6 nitrogen and oxygen atoms in total. The molecule has 0 atom stereocenters. The molecular weight excluding hydrogens is 282 g/mol. The number of sulfonamides is 1. The zero-order chi connectivity index (χ0) is 15.0. The van der Waals surface area contributed by atoms with E-state index in [0.29, 0.717) is 12.8 Å². The van der Waals surface area contributed by atoms with Crippen molar-refractivity contribution in [3.63, 3.8) is 0 Å². The Bertz CT molecular complexity index is 634. The van der Waals surface area contributed by atoms with Gasteiger partial charge in [0.15, 0.2) is 0 Å². The number of hydrogen-bond donors (Lipinski definition) is 2. The number of aliphatic carboxylic acids is 1. The molecule has 1 aromatic carbocycles. The molecule has 1 aliphatic carbocycles. The molecule has 2 rings (SSSR count). The predicted octanol–water partition coefficient (Wildman–Crippen LogP) is 1.15. The minimum absolute atomic E-state index is 0.0289. The van der Waals surface area contributed by atoms with Crippen molar-refractivity contribution in [3.8, 4) is 5.75 Å². The van der Waals surface area contributed by atoms with E-state index < -0.39 is 21.4 Å². The number of carbonyl (C=O) groups is 1. The predicted molar refractivity (Wildman–Crippen MR) is 72.2 cm³/mol. The maximum atomic E-state index is 12.3. The lowest BCUT2D eigenvalue weighted by molar-refractivity contribution is -0.143. The Morgan fingerprint density at radius 2 is 2.10 bits per heavy atom. The number of methoxy groups -OCH3 is 1. The quantitative estimate of drug-likeness (QED) is 0.822. The summed E-state index contributed by atoms with van der Waals surface area (Å²) >= 11 is 0. The molecule has 0 saturated heterocycles. The molecule has 20 heavy (non-hydrogen) atoms. The molecule has 0 aliphatic heterocycles. The average Bonchev–Trinajstić information content (AvgIpc) is 3.18. The van der Waals surface area contributed by atoms with E-state index in [9.17, 15) is 13.2 Å². The summed E-state index contributed by atoms with van der Waals surface area (Å²) in [6, 6.07) is 4.83. The normalized spacial score (nSPS) is 16.7. The zero-order valence-corrected chi connectivity index (χ0v) is 12.2. The van der Waals surface area contributed by atoms with Crippen LogP contribution in [0.15, 0.2) is 23.1 Å². The fourth-order valence-electron chi connectivity index (χ4n) is 1.92. The molecule has 1 saturated carbocycles. The van der Waals surface area contributed by atoms with E-state index in [1.54, 1.807) is 19.1 Å². The van der Waals surface area contributed by atoms with Crippen molar-refractivity contribution in [2.45, 2.75) is 24.7 Å². The van der Waals surface area contributed by atoms with E-state index in [4.69, 9.17) is 9.84 Å². The van der Waals surface area contributed by atoms with Crippen molar-refractivity contribution < 1.29 is 23.1 Å². The Balaban J connectivity index is 2.23. The number of carboxylic acids is 1. The van der Waals surface area contributed by atoms with Gasteiger partial charge >= 0.3 is 5.97 Å². The number of benzene rings is 1. The second-order valence-electron chi connectivity index (χ2n) is 5.06. The first-order valence-electron chi connectivity index (χ1n) is 6.18. The van der Waals surface area contributed by atoms with Gasteiger partial charge in [0.25, 0.3) is 0 Å². The van der Waals surface area contributed by atoms with E-state index in [-0.39, 0.29) is 17.2 Å². The monoisotopic (exact) mass is 299 g/mol. The molecule has 7 heteroatoms. The van der Waals surface area contributed by atoms with Gasteiger partial charge < -0.3 is 9.84 Å². The highest BCUT2D eigenvalue weighted by Gasteiger charge is 2.50. The molecule has 0 aromatic heterocycles. The number of ether oxygens (including phenoxy) is 1. The largest absolute Gasteiger partial charge is 0.495 e. The molecule has 1 aliphatic rings. The van der Waals surface area contributed by atoms with Gasteiger partial charge in [-0.3, -0.25) is 4.79 Å². The van der Waals surface area contributed by atoms with Crippen LogP contribution in [0, 0.1) is 12.3 Å². The Morgan fingerprint density at radius 3 is 2.60 bits per heavy atom. The third-order valence-electron chi connectivity index (χ3n) is 3.52. The van der Waals surface area contributed by atoms with Gasteiger partial charge in [-0.2, -0.15) is 0 Å². The van der Waals surface area contributed by atoms with Crippen molar-refractivity contribution in [1.29, 1.82) is 0 Å². The minimum atomic E-state index is -3.79. The van der Waals surface area contributed by atoms with E-state index in [1.807, 2.05) is 0 Å². The van der Waals surface area contributed by atoms with E-state index in [2.05, 4.69) is 4.72 Å². The molecule has 110 valence electrons. The Labute approximate surface area is 117 Å². The number of nitrogens with one attached hydrogen (secondary N) is 1. The van der Waals surface area contributed by atoms with Crippen LogP contribution in [0.1, 0.15) is 18.4 Å². The zero-order valence-electron chi connectivity index (χ0n) is 11.3. The fourth-order valence-corrected chi connectivity index (χ4v) is 3.30. The first-order chi connectivity index (χ1) is 9.31. The van der Waals surface area contributed by atoms with Gasteiger partial charge in [-0.1, -0.05) is 6.07 Å². The lowest BCUT2D eigenvalue weighted by Crippen LogP contribution is -2.34. The summed E-state index contributed by atoms with van der Waals surface area (Å²) in [4.78, 5) is 11.1. The van der Waals surface area contributed by atoms with Crippen LogP contribution in [0.25, 0.3) is 0 Å². The maximum Gasteiger partial charge on any atom is 0.310 e. The molecule has 1 aromatic rings. The summed E-state index contributed by atoms with van der Waals surface area (Å²) in [5.74, 6) is -0.723. The van der Waals surface area contributed by atoms with Crippen LogP contribution in [-0.4, -0.2) is 33.1 Å². The van der Waals surface area contributed by atoms with Gasteiger partial charge in [-0.25, -0.2) is 13.1 Å². The number of rotatable bonds is 6. The molecule has 2 N–H and O–H groups in total. The van der Waals surface area contributed by atoms with Crippen LogP contribution in [0.4, 0.5) is 0 Å². The highest BCUT2D eigenvalue weighted by atomic mass is 32.2. The Hall–Kier alpha value is -1.60. The summed E-state index contributed by atoms with van der Waals surface area (Å²) in [6.07, 6.45) is 0.992. The number of aryl methyl sites for hydroxylation is 1. The van der Waals surface area contributed by atoms with Crippen molar-refractivity contribution in [2.75, 3.05) is 13.7 Å². The second kappa shape index (κ2) is 5.06. The highest BCUT2D eigenvalue weighted by Crippen LogP contribution is 2.45. The summed E-state index contributed by atoms with van der Waals surface area (Å²) in [6.45, 7) is 1.68. The summed E-state index contributed by atoms with van der Waals surface area (Å²) in [5.41, 5.74) is -0.157. The molecule has 1 fully saturated rings. The Morgan fingerprint density at radius 1 is 1.45 bits per heavy atom. The molecule has 0 amide bonds. The van der Waals surface area contributed by atoms with Gasteiger partial charge in [-0.05, 0) is 37.5 Å². The second-order valence-corrected chi connectivity index (χ2v) is 6.80. The molecule has 0 heterocycles. The van der Waals surface area contributed by atoms with Gasteiger partial charge in [0, 0.05) is 6.54 Å². The topological polar surface area (TPSA) is 92.7 Å². The first-order valence-corrected chi connectivity index (χ1v) is 7.67. The summed E-state index contributed by atoms with van der Waals surface area (Å²) in [5, 5.41) is 9.06. The Kier molecular flexibility index (Phi) is 3.75. The minimum Gasteiger partial charge on any atom is -0.495 e. The van der Waals surface area contributed by atoms with Gasteiger partial charge in [0.2, 0.25) is 10.0 Å². The van der Waals surface area contributed by atoms with Crippen LogP contribution in [0.3, 0.4) is 0 Å². The van der Waals surface area contributed by atoms with Crippen molar-refractivity contribution in [1.82, 2.24) is 4.72 Å². The van der Waals surface area contributed by atoms with Crippen molar-refractivity contribution in [3.05, 3.63) is 23.8 Å². The molecular formula is C13H17NO5S. The van der Waals surface area contributed by atoms with Crippen LogP contribution >= 0.6 is 0 Å². The molecule has 0 unspecified atom stereocenters. The maximum absolute atomic E-state index is 12.3. The lowest BCUT2D eigenvalue weighted by atomic mass is 10.1. The van der Waals surface area contributed by atoms with Crippen LogP contribution in [-0.2, 0) is 14.8 Å². The standard InChI is InChI=1S/C13H17NO5S/c1-9-3-4-10(19-2)11(7-9)20(17,18)14-8-13(5-6-13)12(15)16/h3-4,7,14H,5-6,8H2,1-2H3,(H,15,16). The van der Waals surface area contributed by atoms with Gasteiger partial charge in [-0.15, -0.1) is 0 Å². The van der Waals surface area contributed by atoms with E-state index >= 15 is 0 Å². The van der Waals surface area contributed by atoms with Crippen molar-refractivity contribution in [2.24, 2.45) is 5.41 Å². The average molecular weight is 299 g/mol. The summed E-state index contributed by atoms with van der Waals surface area (Å²) in [7, 11) is -2.40. The third-order valence-corrected chi connectivity index (χ3v) is 4.94. The first kappa shape index (κ1) is 14.8. The van der Waals surface area contributed by atoms with Crippen LogP contribution < -0.4 is 9.46 Å². The summed E-state index contributed by atoms with van der Waals surface area (Å²) < 4.78 is 32.0. The smallest absolute Gasteiger partial charge is 0.310 e. The lowest BCUT2D eigenvalue weighted by Gasteiger charge is -2.14.